The molecule has 1 saturated heterocycles. The molecular formula is C14H21NO. The monoisotopic (exact) mass is 219 g/mol. The van der Waals surface area contributed by atoms with Crippen LogP contribution in [0.15, 0.2) is 12.1 Å². The van der Waals surface area contributed by atoms with E-state index in [1.165, 1.54) is 36.1 Å². The molecule has 0 radical (unpaired) electrons. The molecule has 0 amide bonds. The Kier molecular flexibility index (Phi) is 3.49. The first-order valence-corrected chi connectivity index (χ1v) is 6.16. The standard InChI is InChI=1S/C14H21NO/c1-10-6-13(16)7-11(2)14(10)8-12-4-3-5-15-9-12/h6-7,12,15-16H,3-5,8-9H2,1-2H3. The highest BCUT2D eigenvalue weighted by Gasteiger charge is 2.15. The Hall–Kier alpha value is -1.02. The summed E-state index contributed by atoms with van der Waals surface area (Å²) in [5.74, 6) is 1.15. The Morgan fingerprint density at radius 3 is 2.56 bits per heavy atom. The van der Waals surface area contributed by atoms with Crippen molar-refractivity contribution in [1.29, 1.82) is 0 Å². The summed E-state index contributed by atoms with van der Waals surface area (Å²) in [5, 5.41) is 13.0. The second kappa shape index (κ2) is 4.88. The number of aryl methyl sites for hydroxylation is 2. The zero-order valence-electron chi connectivity index (χ0n) is 10.2. The molecule has 1 heterocycles. The third kappa shape index (κ3) is 2.56. The lowest BCUT2D eigenvalue weighted by molar-refractivity contribution is 0.375. The van der Waals surface area contributed by atoms with Gasteiger partial charge in [0.25, 0.3) is 0 Å². The minimum absolute atomic E-state index is 0.389. The van der Waals surface area contributed by atoms with Gasteiger partial charge >= 0.3 is 0 Å². The average molecular weight is 219 g/mol. The van der Waals surface area contributed by atoms with Crippen molar-refractivity contribution in [1.82, 2.24) is 5.32 Å². The molecule has 0 bridgehead atoms. The first-order valence-electron chi connectivity index (χ1n) is 6.16. The van der Waals surface area contributed by atoms with Crippen molar-refractivity contribution >= 4 is 0 Å². The van der Waals surface area contributed by atoms with E-state index in [1.54, 1.807) is 0 Å². The molecule has 1 fully saturated rings. The lowest BCUT2D eigenvalue weighted by Crippen LogP contribution is -2.31. The van der Waals surface area contributed by atoms with Gasteiger partial charge in [-0.1, -0.05) is 0 Å². The Labute approximate surface area is 97.7 Å². The predicted molar refractivity (Wildman–Crippen MR) is 66.9 cm³/mol. The maximum Gasteiger partial charge on any atom is 0.116 e. The molecule has 0 spiro atoms. The summed E-state index contributed by atoms with van der Waals surface area (Å²) in [6, 6.07) is 3.75. The van der Waals surface area contributed by atoms with Crippen molar-refractivity contribution in [2.45, 2.75) is 33.1 Å². The number of benzene rings is 1. The molecule has 1 atom stereocenters. The molecule has 2 heteroatoms. The van der Waals surface area contributed by atoms with Gasteiger partial charge in [0, 0.05) is 0 Å². The van der Waals surface area contributed by atoms with Crippen molar-refractivity contribution in [3.63, 3.8) is 0 Å². The second-order valence-corrected chi connectivity index (χ2v) is 4.97. The Bertz CT molecular complexity index is 344. The average Bonchev–Trinajstić information content (AvgIpc) is 2.25. The van der Waals surface area contributed by atoms with E-state index < -0.39 is 0 Å². The van der Waals surface area contributed by atoms with Gasteiger partial charge in [-0.2, -0.15) is 0 Å². The van der Waals surface area contributed by atoms with Crippen LogP contribution in [-0.2, 0) is 6.42 Å². The number of hydrogen-bond donors (Lipinski definition) is 2. The van der Waals surface area contributed by atoms with Crippen LogP contribution in [0.1, 0.15) is 29.5 Å². The van der Waals surface area contributed by atoms with Crippen LogP contribution >= 0.6 is 0 Å². The van der Waals surface area contributed by atoms with Gasteiger partial charge in [-0.3, -0.25) is 0 Å². The summed E-state index contributed by atoms with van der Waals surface area (Å²) in [6.07, 6.45) is 3.76. The summed E-state index contributed by atoms with van der Waals surface area (Å²) in [4.78, 5) is 0. The van der Waals surface area contributed by atoms with Crippen LogP contribution in [0.25, 0.3) is 0 Å². The van der Waals surface area contributed by atoms with E-state index in [-0.39, 0.29) is 0 Å². The summed E-state index contributed by atoms with van der Waals surface area (Å²) < 4.78 is 0. The number of phenolic OH excluding ortho intramolecular Hbond substituents is 1. The van der Waals surface area contributed by atoms with Crippen molar-refractivity contribution in [2.75, 3.05) is 13.1 Å². The SMILES string of the molecule is Cc1cc(O)cc(C)c1CC1CCCNC1. The van der Waals surface area contributed by atoms with Gasteiger partial charge < -0.3 is 10.4 Å². The minimum atomic E-state index is 0.389. The van der Waals surface area contributed by atoms with Gasteiger partial charge in [-0.05, 0) is 80.9 Å². The van der Waals surface area contributed by atoms with Gasteiger partial charge in [0.15, 0.2) is 0 Å². The molecular weight excluding hydrogens is 198 g/mol. The van der Waals surface area contributed by atoms with Crippen molar-refractivity contribution in [3.8, 4) is 5.75 Å². The topological polar surface area (TPSA) is 32.3 Å². The lowest BCUT2D eigenvalue weighted by atomic mass is 9.88. The molecule has 1 unspecified atom stereocenters. The summed E-state index contributed by atoms with van der Waals surface area (Å²) in [5.41, 5.74) is 3.87. The first kappa shape index (κ1) is 11.5. The highest BCUT2D eigenvalue weighted by molar-refractivity contribution is 5.40. The molecule has 2 N–H and O–H groups in total. The fraction of sp³-hybridized carbons (Fsp3) is 0.571. The smallest absolute Gasteiger partial charge is 0.116 e. The van der Waals surface area contributed by atoms with E-state index in [9.17, 15) is 5.11 Å². The van der Waals surface area contributed by atoms with E-state index in [0.29, 0.717) is 5.75 Å². The Balaban J connectivity index is 2.14. The second-order valence-electron chi connectivity index (χ2n) is 4.97. The molecule has 0 saturated carbocycles. The number of hydrogen-bond acceptors (Lipinski definition) is 2. The first-order chi connectivity index (χ1) is 7.66. The maximum absolute atomic E-state index is 9.51. The van der Waals surface area contributed by atoms with Crippen LogP contribution in [0, 0.1) is 19.8 Å². The molecule has 88 valence electrons. The van der Waals surface area contributed by atoms with E-state index >= 15 is 0 Å². The third-order valence-corrected chi connectivity index (χ3v) is 3.57. The fourth-order valence-corrected chi connectivity index (χ4v) is 2.68. The van der Waals surface area contributed by atoms with Gasteiger partial charge in [0.2, 0.25) is 0 Å². The van der Waals surface area contributed by atoms with E-state index in [2.05, 4.69) is 19.2 Å². The van der Waals surface area contributed by atoms with E-state index in [1.807, 2.05) is 12.1 Å². The van der Waals surface area contributed by atoms with Gasteiger partial charge in [0.1, 0.15) is 5.75 Å². The molecule has 1 aromatic carbocycles. The number of nitrogens with one attached hydrogen (secondary N) is 1. The van der Waals surface area contributed by atoms with Crippen molar-refractivity contribution in [3.05, 3.63) is 28.8 Å². The molecule has 1 aromatic rings. The summed E-state index contributed by atoms with van der Waals surface area (Å²) in [6.45, 7) is 6.50. The predicted octanol–water partition coefficient (Wildman–Crippen LogP) is 2.55. The highest BCUT2D eigenvalue weighted by atomic mass is 16.3. The minimum Gasteiger partial charge on any atom is -0.508 e. The lowest BCUT2D eigenvalue weighted by Gasteiger charge is -2.24. The zero-order chi connectivity index (χ0) is 11.5. The zero-order valence-corrected chi connectivity index (χ0v) is 10.2. The van der Waals surface area contributed by atoms with Crippen LogP contribution in [0.5, 0.6) is 5.75 Å². The fourth-order valence-electron chi connectivity index (χ4n) is 2.68. The Morgan fingerprint density at radius 1 is 1.31 bits per heavy atom. The van der Waals surface area contributed by atoms with Crippen molar-refractivity contribution < 1.29 is 5.11 Å². The Morgan fingerprint density at radius 2 is 2.00 bits per heavy atom. The van der Waals surface area contributed by atoms with Gasteiger partial charge in [-0.25, -0.2) is 0 Å². The van der Waals surface area contributed by atoms with E-state index in [0.717, 1.165) is 18.9 Å². The number of rotatable bonds is 2. The van der Waals surface area contributed by atoms with Crippen LogP contribution in [0.4, 0.5) is 0 Å². The number of aromatic hydroxyl groups is 1. The van der Waals surface area contributed by atoms with Crippen LogP contribution in [0.3, 0.4) is 0 Å². The number of piperidine rings is 1. The van der Waals surface area contributed by atoms with E-state index in [4.69, 9.17) is 0 Å². The molecule has 0 aromatic heterocycles. The highest BCUT2D eigenvalue weighted by Crippen LogP contribution is 2.25. The molecule has 1 aliphatic rings. The maximum atomic E-state index is 9.51. The molecule has 1 aliphatic heterocycles. The normalized spacial score (nSPS) is 21.0. The van der Waals surface area contributed by atoms with Gasteiger partial charge in [0.05, 0.1) is 0 Å². The van der Waals surface area contributed by atoms with Crippen LogP contribution in [-0.4, -0.2) is 18.2 Å². The largest absolute Gasteiger partial charge is 0.508 e. The number of phenols is 1. The molecule has 16 heavy (non-hydrogen) atoms. The summed E-state index contributed by atoms with van der Waals surface area (Å²) in [7, 11) is 0. The summed E-state index contributed by atoms with van der Waals surface area (Å²) >= 11 is 0. The quantitative estimate of drug-likeness (QED) is 0.801. The molecule has 2 rings (SSSR count). The van der Waals surface area contributed by atoms with Gasteiger partial charge in [-0.15, -0.1) is 0 Å². The molecule has 2 nitrogen and oxygen atoms in total. The molecule has 0 aliphatic carbocycles. The van der Waals surface area contributed by atoms with Crippen LogP contribution < -0.4 is 5.32 Å². The van der Waals surface area contributed by atoms with Crippen molar-refractivity contribution in [2.24, 2.45) is 5.92 Å². The third-order valence-electron chi connectivity index (χ3n) is 3.57. The van der Waals surface area contributed by atoms with Crippen LogP contribution in [0.2, 0.25) is 0 Å².